The minimum absolute atomic E-state index is 0.0900. The van der Waals surface area contributed by atoms with Crippen LogP contribution in [-0.4, -0.2) is 52.8 Å². The first-order chi connectivity index (χ1) is 9.13. The second-order valence-corrected chi connectivity index (χ2v) is 4.54. The molecule has 1 saturated heterocycles. The molecule has 1 aliphatic heterocycles. The van der Waals surface area contributed by atoms with E-state index in [0.29, 0.717) is 24.5 Å². The number of ether oxygens (including phenoxy) is 1. The van der Waals surface area contributed by atoms with Gasteiger partial charge in [0.05, 0.1) is 24.4 Å². The van der Waals surface area contributed by atoms with Crippen molar-refractivity contribution in [2.75, 3.05) is 25.1 Å². The Balaban J connectivity index is 2.09. The lowest BCUT2D eigenvalue weighted by Gasteiger charge is -2.36. The molecular formula is C12H18N4O3. The zero-order chi connectivity index (χ0) is 13.8. The van der Waals surface area contributed by atoms with E-state index in [4.69, 9.17) is 15.7 Å². The van der Waals surface area contributed by atoms with Gasteiger partial charge in [-0.25, -0.2) is 10.8 Å². The average molecular weight is 266 g/mol. The summed E-state index contributed by atoms with van der Waals surface area (Å²) < 4.78 is 5.50. The Bertz CT molecular complexity index is 437. The third kappa shape index (κ3) is 3.19. The predicted molar refractivity (Wildman–Crippen MR) is 69.4 cm³/mol. The summed E-state index contributed by atoms with van der Waals surface area (Å²) in [4.78, 5) is 18.0. The van der Waals surface area contributed by atoms with Crippen LogP contribution in [-0.2, 0) is 4.74 Å². The van der Waals surface area contributed by atoms with Crippen LogP contribution in [0.3, 0.4) is 0 Å². The van der Waals surface area contributed by atoms with Gasteiger partial charge in [-0.2, -0.15) is 0 Å². The fraction of sp³-hybridized carbons (Fsp3) is 0.500. The van der Waals surface area contributed by atoms with Gasteiger partial charge in [0.15, 0.2) is 0 Å². The number of nitrogens with one attached hydrogen (secondary N) is 1. The summed E-state index contributed by atoms with van der Waals surface area (Å²) in [6.45, 7) is 2.67. The van der Waals surface area contributed by atoms with Gasteiger partial charge in [-0.15, -0.1) is 0 Å². The molecule has 19 heavy (non-hydrogen) atoms. The molecule has 1 aliphatic rings. The highest BCUT2D eigenvalue weighted by atomic mass is 16.5. The summed E-state index contributed by atoms with van der Waals surface area (Å²) in [5.41, 5.74) is 2.90. The second kappa shape index (κ2) is 5.96. The minimum atomic E-state index is -0.328. The van der Waals surface area contributed by atoms with Crippen LogP contribution in [0.15, 0.2) is 18.3 Å². The first kappa shape index (κ1) is 13.7. The van der Waals surface area contributed by atoms with Gasteiger partial charge in [0, 0.05) is 19.3 Å². The highest BCUT2D eigenvalue weighted by Crippen LogP contribution is 2.14. The number of anilines is 1. The molecule has 0 spiro atoms. The molecular weight excluding hydrogens is 248 g/mol. The average Bonchev–Trinajstić information content (AvgIpc) is 2.46. The summed E-state index contributed by atoms with van der Waals surface area (Å²) in [6, 6.07) is 3.30. The van der Waals surface area contributed by atoms with E-state index in [1.54, 1.807) is 17.0 Å². The second-order valence-electron chi connectivity index (χ2n) is 4.54. The molecule has 7 nitrogen and oxygen atoms in total. The lowest BCUT2D eigenvalue weighted by Crippen LogP contribution is -2.50. The zero-order valence-electron chi connectivity index (χ0n) is 10.7. The van der Waals surface area contributed by atoms with E-state index in [1.165, 1.54) is 6.20 Å². The van der Waals surface area contributed by atoms with Gasteiger partial charge in [-0.05, 0) is 19.1 Å². The van der Waals surface area contributed by atoms with Gasteiger partial charge in [0.1, 0.15) is 5.82 Å². The third-order valence-corrected chi connectivity index (χ3v) is 2.98. The number of pyridine rings is 1. The Kier molecular flexibility index (Phi) is 4.31. The lowest BCUT2D eigenvalue weighted by molar-refractivity contribution is -0.0858. The summed E-state index contributed by atoms with van der Waals surface area (Å²) >= 11 is 0. The van der Waals surface area contributed by atoms with Gasteiger partial charge in [0.25, 0.3) is 5.91 Å². The van der Waals surface area contributed by atoms with Crippen LogP contribution in [0.2, 0.25) is 0 Å². The molecule has 4 N–H and O–H groups in total. The monoisotopic (exact) mass is 266 g/mol. The van der Waals surface area contributed by atoms with Gasteiger partial charge >= 0.3 is 0 Å². The number of morpholine rings is 1. The number of aliphatic hydroxyl groups excluding tert-OH is 1. The number of nitrogen functional groups attached to an aromatic ring is 1. The van der Waals surface area contributed by atoms with Gasteiger partial charge < -0.3 is 20.2 Å². The minimum Gasteiger partial charge on any atom is -0.394 e. The van der Waals surface area contributed by atoms with Crippen LogP contribution in [0.1, 0.15) is 17.3 Å². The molecule has 2 heterocycles. The van der Waals surface area contributed by atoms with Crippen molar-refractivity contribution in [2.24, 2.45) is 5.84 Å². The fourth-order valence-electron chi connectivity index (χ4n) is 2.10. The van der Waals surface area contributed by atoms with Crippen LogP contribution < -0.4 is 11.3 Å². The molecule has 104 valence electrons. The Morgan fingerprint density at radius 1 is 1.63 bits per heavy atom. The third-order valence-electron chi connectivity index (χ3n) is 2.98. The van der Waals surface area contributed by atoms with Crippen molar-refractivity contribution >= 4 is 11.7 Å². The number of hydrogen-bond donors (Lipinski definition) is 3. The molecule has 0 aromatic carbocycles. The van der Waals surface area contributed by atoms with Gasteiger partial charge in [-0.1, -0.05) is 0 Å². The van der Waals surface area contributed by atoms with Crippen molar-refractivity contribution in [1.82, 2.24) is 9.88 Å². The van der Waals surface area contributed by atoms with E-state index in [9.17, 15) is 4.79 Å². The highest BCUT2D eigenvalue weighted by molar-refractivity contribution is 5.94. The number of aromatic nitrogens is 1. The zero-order valence-corrected chi connectivity index (χ0v) is 10.7. The van der Waals surface area contributed by atoms with E-state index in [2.05, 4.69) is 10.4 Å². The molecule has 0 saturated carbocycles. The largest absolute Gasteiger partial charge is 0.394 e. The van der Waals surface area contributed by atoms with E-state index < -0.39 is 0 Å². The van der Waals surface area contributed by atoms with Crippen molar-refractivity contribution in [3.8, 4) is 0 Å². The lowest BCUT2D eigenvalue weighted by atomic mass is 10.2. The normalized spacial score (nSPS) is 23.2. The first-order valence-electron chi connectivity index (χ1n) is 6.12. The smallest absolute Gasteiger partial charge is 0.255 e. The number of rotatable bonds is 3. The maximum Gasteiger partial charge on any atom is 0.255 e. The molecule has 2 atom stereocenters. The van der Waals surface area contributed by atoms with Crippen molar-refractivity contribution in [3.63, 3.8) is 0 Å². The molecule has 1 aromatic rings. The number of aliphatic hydroxyl groups is 1. The molecule has 1 fully saturated rings. The quantitative estimate of drug-likeness (QED) is 0.508. The number of carbonyl (C=O) groups is 1. The van der Waals surface area contributed by atoms with Crippen LogP contribution >= 0.6 is 0 Å². The highest BCUT2D eigenvalue weighted by Gasteiger charge is 2.28. The maximum atomic E-state index is 12.3. The van der Waals surface area contributed by atoms with Crippen molar-refractivity contribution in [2.45, 2.75) is 19.1 Å². The molecule has 0 bridgehead atoms. The Morgan fingerprint density at radius 2 is 2.42 bits per heavy atom. The van der Waals surface area contributed by atoms with Gasteiger partial charge in [0.2, 0.25) is 0 Å². The molecule has 0 radical (unpaired) electrons. The fourth-order valence-corrected chi connectivity index (χ4v) is 2.10. The maximum absolute atomic E-state index is 12.3. The van der Waals surface area contributed by atoms with Crippen LogP contribution in [0.4, 0.5) is 5.82 Å². The summed E-state index contributed by atoms with van der Waals surface area (Å²) in [5, 5.41) is 9.15. The standard InChI is InChI=1S/C12H18N4O3/c1-8-5-16(6-10(7-17)19-8)12(18)9-2-3-11(15-13)14-4-9/h2-4,8,10,17H,5-7,13H2,1H3,(H,14,15). The molecule has 2 unspecified atom stereocenters. The van der Waals surface area contributed by atoms with Crippen LogP contribution in [0.5, 0.6) is 0 Å². The summed E-state index contributed by atoms with van der Waals surface area (Å²) in [5.74, 6) is 5.60. The van der Waals surface area contributed by atoms with Crippen molar-refractivity contribution < 1.29 is 14.6 Å². The van der Waals surface area contributed by atoms with Crippen LogP contribution in [0.25, 0.3) is 0 Å². The number of nitrogens with zero attached hydrogens (tertiary/aromatic N) is 2. The first-order valence-corrected chi connectivity index (χ1v) is 6.12. The van der Waals surface area contributed by atoms with Crippen molar-refractivity contribution in [1.29, 1.82) is 0 Å². The predicted octanol–water partition coefficient (Wildman–Crippen LogP) is -0.411. The number of hydrogen-bond acceptors (Lipinski definition) is 6. The molecule has 7 heteroatoms. The van der Waals surface area contributed by atoms with E-state index in [1.807, 2.05) is 6.92 Å². The topological polar surface area (TPSA) is 101 Å². The van der Waals surface area contributed by atoms with E-state index in [-0.39, 0.29) is 24.7 Å². The number of hydrazine groups is 1. The van der Waals surface area contributed by atoms with Gasteiger partial charge in [-0.3, -0.25) is 4.79 Å². The van der Waals surface area contributed by atoms with Crippen molar-refractivity contribution in [3.05, 3.63) is 23.9 Å². The molecule has 0 aliphatic carbocycles. The van der Waals surface area contributed by atoms with Crippen LogP contribution in [0, 0.1) is 0 Å². The Labute approximate surface area is 111 Å². The molecule has 1 aromatic heterocycles. The number of amides is 1. The number of carbonyl (C=O) groups excluding carboxylic acids is 1. The summed E-state index contributed by atoms with van der Waals surface area (Å²) in [7, 11) is 0. The molecule has 2 rings (SSSR count). The molecule has 1 amide bonds. The summed E-state index contributed by atoms with van der Waals surface area (Å²) in [6.07, 6.45) is 1.06. The van der Waals surface area contributed by atoms with E-state index in [0.717, 1.165) is 0 Å². The number of nitrogens with two attached hydrogens (primary N) is 1. The van der Waals surface area contributed by atoms with E-state index >= 15 is 0 Å². The Hall–Kier alpha value is -1.70. The Morgan fingerprint density at radius 3 is 3.00 bits per heavy atom. The SMILES string of the molecule is CC1CN(C(=O)c2ccc(NN)nc2)CC(CO)O1.